The summed E-state index contributed by atoms with van der Waals surface area (Å²) in [6.07, 6.45) is 3.53. The second-order valence-corrected chi connectivity index (χ2v) is 6.99. The van der Waals surface area contributed by atoms with Gasteiger partial charge in [-0.15, -0.1) is 0 Å². The van der Waals surface area contributed by atoms with Gasteiger partial charge < -0.3 is 19.7 Å². The van der Waals surface area contributed by atoms with Crippen molar-refractivity contribution in [1.82, 2.24) is 10.2 Å². The molecule has 1 atom stereocenters. The van der Waals surface area contributed by atoms with Crippen LogP contribution in [0.3, 0.4) is 0 Å². The monoisotopic (exact) mass is 331 g/mol. The predicted octanol–water partition coefficient (Wildman–Crippen LogP) is 2.27. The van der Waals surface area contributed by atoms with Gasteiger partial charge in [-0.2, -0.15) is 0 Å². The molecule has 0 spiro atoms. The van der Waals surface area contributed by atoms with Crippen molar-refractivity contribution < 1.29 is 9.47 Å². The highest BCUT2D eigenvalue weighted by molar-refractivity contribution is 5.79. The van der Waals surface area contributed by atoms with Gasteiger partial charge in [-0.25, -0.2) is 0 Å². The summed E-state index contributed by atoms with van der Waals surface area (Å²) in [5, 5.41) is 3.58. The van der Waals surface area contributed by atoms with Gasteiger partial charge in [-0.3, -0.25) is 4.99 Å². The molecule has 1 aromatic rings. The third-order valence-electron chi connectivity index (χ3n) is 5.25. The standard InChI is InChI=1S/C19H29N3O2/c1-20-18(22(2)12-15-8-11-24-13-15)21-14-19(9-10-19)16-6-4-5-7-17(16)23-3/h4-7,15H,8-14H2,1-3H3,(H,20,21). The highest BCUT2D eigenvalue weighted by atomic mass is 16.5. The average Bonchev–Trinajstić information content (AvgIpc) is 3.23. The zero-order valence-electron chi connectivity index (χ0n) is 15.0. The van der Waals surface area contributed by atoms with E-state index < -0.39 is 0 Å². The first-order valence-electron chi connectivity index (χ1n) is 8.81. The molecule has 1 heterocycles. The number of nitrogens with zero attached hydrogens (tertiary/aromatic N) is 2. The SMILES string of the molecule is CN=C(NCC1(c2ccccc2OC)CC1)N(C)CC1CCOC1. The normalized spacial score (nSPS) is 22.3. The Hall–Kier alpha value is -1.75. The predicted molar refractivity (Wildman–Crippen MR) is 96.8 cm³/mol. The van der Waals surface area contributed by atoms with Crippen molar-refractivity contribution in [2.75, 3.05) is 47.5 Å². The molecule has 2 fully saturated rings. The van der Waals surface area contributed by atoms with E-state index in [9.17, 15) is 0 Å². The number of rotatable bonds is 6. The summed E-state index contributed by atoms with van der Waals surface area (Å²) in [5.41, 5.74) is 1.49. The Morgan fingerprint density at radius 2 is 2.21 bits per heavy atom. The van der Waals surface area contributed by atoms with Gasteiger partial charge in [-0.05, 0) is 25.3 Å². The minimum Gasteiger partial charge on any atom is -0.496 e. The number of nitrogens with one attached hydrogen (secondary N) is 1. The molecule has 0 radical (unpaired) electrons. The second-order valence-electron chi connectivity index (χ2n) is 6.99. The van der Waals surface area contributed by atoms with Crippen LogP contribution in [0.15, 0.2) is 29.3 Å². The molecule has 2 aliphatic rings. The molecule has 1 aromatic carbocycles. The fraction of sp³-hybridized carbons (Fsp3) is 0.632. The number of guanidine groups is 1. The molecule has 0 aromatic heterocycles. The molecule has 1 saturated carbocycles. The maximum Gasteiger partial charge on any atom is 0.193 e. The van der Waals surface area contributed by atoms with Crippen molar-refractivity contribution in [3.63, 3.8) is 0 Å². The van der Waals surface area contributed by atoms with Crippen LogP contribution in [0.5, 0.6) is 5.75 Å². The molecule has 0 amide bonds. The van der Waals surface area contributed by atoms with Crippen molar-refractivity contribution in [2.45, 2.75) is 24.7 Å². The lowest BCUT2D eigenvalue weighted by Gasteiger charge is -2.27. The van der Waals surface area contributed by atoms with Gasteiger partial charge in [0.05, 0.1) is 13.7 Å². The fourth-order valence-electron chi connectivity index (χ4n) is 3.61. The first-order valence-corrected chi connectivity index (χ1v) is 8.81. The Balaban J connectivity index is 1.61. The van der Waals surface area contributed by atoms with Crippen LogP contribution in [0.2, 0.25) is 0 Å². The number of ether oxygens (including phenoxy) is 2. The number of methoxy groups -OCH3 is 1. The van der Waals surface area contributed by atoms with Crippen molar-refractivity contribution in [3.05, 3.63) is 29.8 Å². The first-order chi connectivity index (χ1) is 11.7. The molecule has 1 unspecified atom stereocenters. The van der Waals surface area contributed by atoms with Crippen LogP contribution >= 0.6 is 0 Å². The molecule has 132 valence electrons. The van der Waals surface area contributed by atoms with Crippen molar-refractivity contribution >= 4 is 5.96 Å². The van der Waals surface area contributed by atoms with E-state index in [1.165, 1.54) is 18.4 Å². The molecule has 0 bridgehead atoms. The number of hydrogen-bond donors (Lipinski definition) is 1. The maximum absolute atomic E-state index is 5.56. The summed E-state index contributed by atoms with van der Waals surface area (Å²) in [4.78, 5) is 6.68. The summed E-state index contributed by atoms with van der Waals surface area (Å²) in [5.74, 6) is 2.56. The fourth-order valence-corrected chi connectivity index (χ4v) is 3.61. The smallest absolute Gasteiger partial charge is 0.193 e. The Morgan fingerprint density at radius 1 is 1.42 bits per heavy atom. The molecular weight excluding hydrogens is 302 g/mol. The first kappa shape index (κ1) is 17.1. The molecule has 3 rings (SSSR count). The van der Waals surface area contributed by atoms with Crippen LogP contribution in [0.25, 0.3) is 0 Å². The zero-order chi connectivity index (χ0) is 17.0. The van der Waals surface area contributed by atoms with Gasteiger partial charge in [-0.1, -0.05) is 18.2 Å². The number of para-hydroxylation sites is 1. The van der Waals surface area contributed by atoms with Crippen LogP contribution in [0, 0.1) is 5.92 Å². The lowest BCUT2D eigenvalue weighted by Crippen LogP contribution is -2.44. The van der Waals surface area contributed by atoms with Crippen molar-refractivity contribution in [1.29, 1.82) is 0 Å². The summed E-state index contributed by atoms with van der Waals surface area (Å²) >= 11 is 0. The third kappa shape index (κ3) is 3.66. The minimum atomic E-state index is 0.180. The Labute approximate surface area is 145 Å². The van der Waals surface area contributed by atoms with Gasteiger partial charge in [0.25, 0.3) is 0 Å². The second kappa shape index (κ2) is 7.43. The Kier molecular flexibility index (Phi) is 5.29. The van der Waals surface area contributed by atoms with Crippen molar-refractivity contribution in [3.8, 4) is 5.75 Å². The number of benzene rings is 1. The van der Waals surface area contributed by atoms with E-state index in [2.05, 4.69) is 40.5 Å². The van der Waals surface area contributed by atoms with E-state index in [0.29, 0.717) is 5.92 Å². The molecule has 1 N–H and O–H groups in total. The van der Waals surface area contributed by atoms with Crippen LogP contribution in [-0.2, 0) is 10.2 Å². The summed E-state index contributed by atoms with van der Waals surface area (Å²) in [7, 11) is 5.71. The maximum atomic E-state index is 5.56. The van der Waals surface area contributed by atoms with Crippen molar-refractivity contribution in [2.24, 2.45) is 10.9 Å². The number of hydrogen-bond acceptors (Lipinski definition) is 3. The van der Waals surface area contributed by atoms with E-state index in [4.69, 9.17) is 9.47 Å². The van der Waals surface area contributed by atoms with E-state index in [1.54, 1.807) is 7.11 Å². The Morgan fingerprint density at radius 3 is 2.83 bits per heavy atom. The molecule has 5 nitrogen and oxygen atoms in total. The summed E-state index contributed by atoms with van der Waals surface area (Å²) in [6.45, 7) is 3.64. The summed E-state index contributed by atoms with van der Waals surface area (Å²) in [6, 6.07) is 8.37. The molecule has 1 aliphatic carbocycles. The van der Waals surface area contributed by atoms with E-state index in [-0.39, 0.29) is 5.41 Å². The van der Waals surface area contributed by atoms with Gasteiger partial charge in [0.1, 0.15) is 5.75 Å². The molecular formula is C19H29N3O2. The minimum absolute atomic E-state index is 0.180. The van der Waals surface area contributed by atoms with E-state index in [0.717, 1.165) is 44.4 Å². The lowest BCUT2D eigenvalue weighted by molar-refractivity contribution is 0.181. The van der Waals surface area contributed by atoms with Crippen LogP contribution in [-0.4, -0.2) is 58.4 Å². The summed E-state index contributed by atoms with van der Waals surface area (Å²) < 4.78 is 11.0. The highest BCUT2D eigenvalue weighted by Crippen LogP contribution is 2.50. The van der Waals surface area contributed by atoms with Gasteiger partial charge in [0.2, 0.25) is 0 Å². The molecule has 5 heteroatoms. The Bertz CT molecular complexity index is 578. The van der Waals surface area contributed by atoms with Crippen LogP contribution in [0.4, 0.5) is 0 Å². The zero-order valence-corrected chi connectivity index (χ0v) is 15.0. The lowest BCUT2D eigenvalue weighted by atomic mass is 9.95. The van der Waals surface area contributed by atoms with Gasteiger partial charge in [0, 0.05) is 50.7 Å². The van der Waals surface area contributed by atoms with Gasteiger partial charge >= 0.3 is 0 Å². The third-order valence-corrected chi connectivity index (χ3v) is 5.25. The topological polar surface area (TPSA) is 46.1 Å². The molecule has 24 heavy (non-hydrogen) atoms. The quantitative estimate of drug-likeness (QED) is 0.642. The molecule has 1 saturated heterocycles. The van der Waals surface area contributed by atoms with E-state index >= 15 is 0 Å². The molecule has 1 aliphatic heterocycles. The van der Waals surface area contributed by atoms with E-state index in [1.807, 2.05) is 13.1 Å². The highest BCUT2D eigenvalue weighted by Gasteiger charge is 2.46. The number of aliphatic imine (C=N–C) groups is 1. The van der Waals surface area contributed by atoms with Crippen LogP contribution < -0.4 is 10.1 Å². The van der Waals surface area contributed by atoms with Gasteiger partial charge in [0.15, 0.2) is 5.96 Å². The average molecular weight is 331 g/mol. The largest absolute Gasteiger partial charge is 0.496 e. The van der Waals surface area contributed by atoms with Crippen LogP contribution in [0.1, 0.15) is 24.8 Å².